The third-order valence-corrected chi connectivity index (χ3v) is 6.20. The van der Waals surface area contributed by atoms with Crippen molar-refractivity contribution in [3.63, 3.8) is 0 Å². The van der Waals surface area contributed by atoms with E-state index in [1.807, 2.05) is 6.92 Å². The van der Waals surface area contributed by atoms with Crippen LogP contribution in [0.15, 0.2) is 24.3 Å². The fourth-order valence-electron chi connectivity index (χ4n) is 4.82. The van der Waals surface area contributed by atoms with Crippen molar-refractivity contribution < 1.29 is 4.74 Å². The molecule has 1 aliphatic carbocycles. The van der Waals surface area contributed by atoms with Crippen LogP contribution in [0.25, 0.3) is 0 Å². The summed E-state index contributed by atoms with van der Waals surface area (Å²) in [5, 5.41) is 7.53. The topological polar surface area (TPSA) is 81.2 Å². The van der Waals surface area contributed by atoms with E-state index in [1.54, 1.807) is 4.68 Å². The molecule has 7 nitrogen and oxygen atoms in total. The van der Waals surface area contributed by atoms with Crippen molar-refractivity contribution in [1.82, 2.24) is 19.7 Å². The van der Waals surface area contributed by atoms with Crippen molar-refractivity contribution in [3.8, 4) is 0 Å². The molecule has 1 saturated heterocycles. The van der Waals surface area contributed by atoms with E-state index in [9.17, 15) is 0 Å². The van der Waals surface area contributed by atoms with E-state index in [0.717, 1.165) is 51.4 Å². The van der Waals surface area contributed by atoms with Crippen LogP contribution in [-0.4, -0.2) is 45.9 Å². The van der Waals surface area contributed by atoms with Crippen LogP contribution in [0, 0.1) is 0 Å². The molecular weight excluding hydrogens is 364 g/mol. The zero-order chi connectivity index (χ0) is 20.1. The largest absolute Gasteiger partial charge is 0.366 e. The highest BCUT2D eigenvalue weighted by Gasteiger charge is 2.43. The normalized spacial score (nSPS) is 22.4. The molecule has 1 fully saturated rings. The number of nitrogens with zero attached hydrogens (tertiary/aromatic N) is 4. The third-order valence-electron chi connectivity index (χ3n) is 6.20. The summed E-state index contributed by atoms with van der Waals surface area (Å²) >= 11 is 0. The summed E-state index contributed by atoms with van der Waals surface area (Å²) in [7, 11) is 0. The average Bonchev–Trinajstić information content (AvgIpc) is 3.13. The lowest BCUT2D eigenvalue weighted by atomic mass is 9.82. The molecule has 4 rings (SSSR count). The quantitative estimate of drug-likeness (QED) is 0.664. The number of ether oxygens (including phenoxy) is 1. The van der Waals surface area contributed by atoms with Crippen molar-refractivity contribution in [2.24, 2.45) is 0 Å². The van der Waals surface area contributed by atoms with Crippen LogP contribution in [0.5, 0.6) is 0 Å². The van der Waals surface area contributed by atoms with E-state index in [1.165, 1.54) is 36.8 Å². The van der Waals surface area contributed by atoms with Gasteiger partial charge in [0.25, 0.3) is 0 Å². The first-order valence-corrected chi connectivity index (χ1v) is 11.1. The Kier molecular flexibility index (Phi) is 6.35. The molecule has 0 radical (unpaired) electrons. The Morgan fingerprint density at radius 1 is 1.17 bits per heavy atom. The Morgan fingerprint density at radius 2 is 2.00 bits per heavy atom. The molecule has 3 N–H and O–H groups in total. The molecule has 1 unspecified atom stereocenters. The van der Waals surface area contributed by atoms with Gasteiger partial charge in [-0.3, -0.25) is 4.90 Å². The highest BCUT2D eigenvalue weighted by molar-refractivity contribution is 5.35. The standard InChI is InChI=1S/C22H34N6O/c1-2-28-21(25-20(23)26-28)24-14-9-17-29-22(27-15-6-3-7-16-27)13-8-11-18-10-4-5-12-19(18)22/h4-5,10,12H,2-3,6-9,11,13-17H2,1H3,(H3,23,24,25,26). The van der Waals surface area contributed by atoms with Crippen LogP contribution in [0.4, 0.5) is 11.9 Å². The summed E-state index contributed by atoms with van der Waals surface area (Å²) in [6.07, 6.45) is 8.20. The van der Waals surface area contributed by atoms with Gasteiger partial charge in [0, 0.05) is 31.7 Å². The van der Waals surface area contributed by atoms with Crippen LogP contribution < -0.4 is 11.1 Å². The van der Waals surface area contributed by atoms with E-state index >= 15 is 0 Å². The minimum atomic E-state index is -0.261. The van der Waals surface area contributed by atoms with Gasteiger partial charge in [0.1, 0.15) is 5.72 Å². The smallest absolute Gasteiger partial charge is 0.241 e. The Balaban J connectivity index is 1.42. The number of hydrogen-bond acceptors (Lipinski definition) is 6. The van der Waals surface area contributed by atoms with Gasteiger partial charge in [0.2, 0.25) is 11.9 Å². The minimum Gasteiger partial charge on any atom is -0.366 e. The van der Waals surface area contributed by atoms with E-state index in [0.29, 0.717) is 12.6 Å². The number of hydrogen-bond donors (Lipinski definition) is 2. The molecule has 0 spiro atoms. The summed E-state index contributed by atoms with van der Waals surface area (Å²) < 4.78 is 8.55. The fourth-order valence-corrected chi connectivity index (χ4v) is 4.82. The fraction of sp³-hybridized carbons (Fsp3) is 0.636. The number of rotatable bonds is 8. The molecule has 2 aliphatic rings. The first kappa shape index (κ1) is 20.2. The van der Waals surface area contributed by atoms with Gasteiger partial charge in [-0.2, -0.15) is 4.98 Å². The van der Waals surface area contributed by atoms with Gasteiger partial charge in [-0.15, -0.1) is 5.10 Å². The van der Waals surface area contributed by atoms with Crippen LogP contribution in [0.1, 0.15) is 56.6 Å². The predicted octanol–water partition coefficient (Wildman–Crippen LogP) is 3.37. The van der Waals surface area contributed by atoms with Gasteiger partial charge in [-0.05, 0) is 51.0 Å². The second kappa shape index (κ2) is 9.13. The number of likely N-dealkylation sites (tertiary alicyclic amines) is 1. The SMILES string of the molecule is CCn1nc(N)nc1NCCCOC1(N2CCCCC2)CCCc2ccccc21. The van der Waals surface area contributed by atoms with Gasteiger partial charge in [-0.25, -0.2) is 4.68 Å². The lowest BCUT2D eigenvalue weighted by Crippen LogP contribution is -2.52. The number of nitrogen functional groups attached to an aromatic ring is 1. The molecule has 1 aromatic carbocycles. The predicted molar refractivity (Wildman–Crippen MR) is 116 cm³/mol. The maximum absolute atomic E-state index is 6.75. The molecule has 2 aromatic rings. The minimum absolute atomic E-state index is 0.261. The second-order valence-electron chi connectivity index (χ2n) is 8.08. The van der Waals surface area contributed by atoms with Crippen LogP contribution in [0.2, 0.25) is 0 Å². The number of benzene rings is 1. The first-order valence-electron chi connectivity index (χ1n) is 11.1. The highest BCUT2D eigenvalue weighted by Crippen LogP contribution is 2.42. The number of fused-ring (bicyclic) bond motifs is 1. The van der Waals surface area contributed by atoms with E-state index < -0.39 is 0 Å². The second-order valence-corrected chi connectivity index (χ2v) is 8.08. The molecular formula is C22H34N6O. The molecule has 0 bridgehead atoms. The number of nitrogens with one attached hydrogen (secondary N) is 1. The van der Waals surface area contributed by atoms with Gasteiger partial charge in [-0.1, -0.05) is 30.7 Å². The molecule has 29 heavy (non-hydrogen) atoms. The van der Waals surface area contributed by atoms with E-state index in [2.05, 4.69) is 44.6 Å². The van der Waals surface area contributed by atoms with E-state index in [-0.39, 0.29) is 5.72 Å². The van der Waals surface area contributed by atoms with Crippen molar-refractivity contribution >= 4 is 11.9 Å². The molecule has 7 heteroatoms. The molecule has 1 aromatic heterocycles. The summed E-state index contributed by atoms with van der Waals surface area (Å²) in [6.45, 7) is 6.55. The van der Waals surface area contributed by atoms with Crippen molar-refractivity contribution in [1.29, 1.82) is 0 Å². The molecule has 0 amide bonds. The average molecular weight is 399 g/mol. The summed E-state index contributed by atoms with van der Waals surface area (Å²) in [5.41, 5.74) is 8.30. The van der Waals surface area contributed by atoms with Crippen LogP contribution in [0.3, 0.4) is 0 Å². The van der Waals surface area contributed by atoms with Crippen molar-refractivity contribution in [2.45, 2.75) is 64.1 Å². The zero-order valence-corrected chi connectivity index (χ0v) is 17.6. The molecule has 2 heterocycles. The zero-order valence-electron chi connectivity index (χ0n) is 17.6. The summed E-state index contributed by atoms with van der Waals surface area (Å²) in [5.74, 6) is 1.05. The molecule has 0 saturated carbocycles. The molecule has 1 atom stereocenters. The Morgan fingerprint density at radius 3 is 2.83 bits per heavy atom. The number of aryl methyl sites for hydroxylation is 2. The number of aromatic nitrogens is 3. The van der Waals surface area contributed by atoms with Gasteiger partial charge < -0.3 is 15.8 Å². The lowest BCUT2D eigenvalue weighted by molar-refractivity contribution is -0.180. The Labute approximate surface area is 173 Å². The van der Waals surface area contributed by atoms with Crippen LogP contribution >= 0.6 is 0 Å². The number of nitrogens with two attached hydrogens (primary N) is 1. The third kappa shape index (κ3) is 4.26. The first-order chi connectivity index (χ1) is 14.2. The van der Waals surface area contributed by atoms with E-state index in [4.69, 9.17) is 10.5 Å². The summed E-state index contributed by atoms with van der Waals surface area (Å²) in [6, 6.07) is 8.88. The van der Waals surface area contributed by atoms with Gasteiger partial charge >= 0.3 is 0 Å². The maximum Gasteiger partial charge on any atom is 0.241 e. The summed E-state index contributed by atoms with van der Waals surface area (Å²) in [4.78, 5) is 6.86. The van der Waals surface area contributed by atoms with Crippen molar-refractivity contribution in [2.75, 3.05) is 37.3 Å². The monoisotopic (exact) mass is 398 g/mol. The Hall–Kier alpha value is -2.12. The van der Waals surface area contributed by atoms with Gasteiger partial charge in [0.05, 0.1) is 6.61 Å². The highest BCUT2D eigenvalue weighted by atomic mass is 16.5. The van der Waals surface area contributed by atoms with Crippen LogP contribution in [-0.2, 0) is 23.4 Å². The number of anilines is 2. The lowest BCUT2D eigenvalue weighted by Gasteiger charge is -2.48. The Bertz CT molecular complexity index is 800. The number of piperidine rings is 1. The molecule has 158 valence electrons. The molecule has 1 aliphatic heterocycles. The maximum atomic E-state index is 6.75. The van der Waals surface area contributed by atoms with Crippen molar-refractivity contribution in [3.05, 3.63) is 35.4 Å². The van der Waals surface area contributed by atoms with Gasteiger partial charge in [0.15, 0.2) is 0 Å².